The number of hydrogen-bond acceptors (Lipinski definition) is 14. The van der Waals surface area contributed by atoms with E-state index in [0.29, 0.717) is 31.4 Å². The van der Waals surface area contributed by atoms with Gasteiger partial charge in [-0.05, 0) is 108 Å². The fourth-order valence-corrected chi connectivity index (χ4v) is 8.72. The van der Waals surface area contributed by atoms with Gasteiger partial charge >= 0.3 is 0 Å². The third kappa shape index (κ3) is 25.9. The molecule has 9 amide bonds. The smallest absolute Gasteiger partial charge is 0.243 e. The van der Waals surface area contributed by atoms with Gasteiger partial charge in [-0.15, -0.1) is 0 Å². The number of aliphatic hydroxyl groups excluding tert-OH is 1. The first-order valence-electron chi connectivity index (χ1n) is 27.5. The predicted molar refractivity (Wildman–Crippen MR) is 290 cm³/mol. The second-order valence-electron chi connectivity index (χ2n) is 20.7. The standard InChI is InChI=1S/C53H93N13O10/c1-6-7-8-9-13-18-36(67)32-45(68)59-37(19-14-15-24-54)47(70)63-41-23-28-58-46(69)42(29-33(2)3)64-49(72)39(21-26-56)60-48(71)38(20-25-55)62-52(75)43(30-34(4)5)65-53(76)44(31-35-16-11-10-12-17-35)66-50(73)40(22-27-57)61-51(41)74/h10-12,16-17,33-34,36-44,67H,6-9,13-15,18-32,54-57H2,1-5H3,(H,58,69)(H,59,68)(H,60,71)(H,61,74)(H,62,75)(H,63,70)(H,64,72)(H,65,76)(H,66,73)/t36-,37+,38+,39+,40+,41+,42+,43+,44-/m1/s1. The molecule has 18 N–H and O–H groups in total. The van der Waals surface area contributed by atoms with Crippen LogP contribution in [0.3, 0.4) is 0 Å². The minimum absolute atomic E-state index is 0.0451. The highest BCUT2D eigenvalue weighted by Crippen LogP contribution is 2.13. The van der Waals surface area contributed by atoms with Crippen LogP contribution in [0.4, 0.5) is 0 Å². The number of rotatable bonds is 27. The summed E-state index contributed by atoms with van der Waals surface area (Å²) in [7, 11) is 0. The van der Waals surface area contributed by atoms with Crippen molar-refractivity contribution in [2.24, 2.45) is 34.8 Å². The summed E-state index contributed by atoms with van der Waals surface area (Å²) in [6, 6.07) is -1.45. The van der Waals surface area contributed by atoms with E-state index in [9.17, 15) is 48.3 Å². The molecule has 9 atom stereocenters. The molecule has 1 heterocycles. The van der Waals surface area contributed by atoms with Crippen LogP contribution in [-0.4, -0.2) is 145 Å². The molecular formula is C53H93N13O10. The molecule has 1 aromatic carbocycles. The highest BCUT2D eigenvalue weighted by atomic mass is 16.3. The number of unbranched alkanes of at least 4 members (excludes halogenated alkanes) is 5. The van der Waals surface area contributed by atoms with Crippen LogP contribution in [0.5, 0.6) is 0 Å². The maximum Gasteiger partial charge on any atom is 0.243 e. The Bertz CT molecular complexity index is 1960. The van der Waals surface area contributed by atoms with Crippen LogP contribution in [0.1, 0.15) is 143 Å². The Balaban J connectivity index is 2.71. The van der Waals surface area contributed by atoms with Crippen molar-refractivity contribution in [3.05, 3.63) is 35.9 Å². The minimum atomic E-state index is -1.45. The zero-order valence-corrected chi connectivity index (χ0v) is 45.7. The third-order valence-electron chi connectivity index (χ3n) is 12.9. The van der Waals surface area contributed by atoms with E-state index in [0.717, 1.165) is 32.1 Å². The molecule has 1 saturated heterocycles. The zero-order valence-electron chi connectivity index (χ0n) is 45.7. The number of carbonyl (C=O) groups is 9. The summed E-state index contributed by atoms with van der Waals surface area (Å²) in [6.07, 6.45) is 4.80. The maximum absolute atomic E-state index is 14.5. The van der Waals surface area contributed by atoms with E-state index in [2.05, 4.69) is 54.8 Å². The molecule has 0 aliphatic carbocycles. The van der Waals surface area contributed by atoms with Gasteiger partial charge in [0.1, 0.15) is 48.3 Å². The third-order valence-corrected chi connectivity index (χ3v) is 12.9. The molecule has 430 valence electrons. The van der Waals surface area contributed by atoms with Gasteiger partial charge in [-0.3, -0.25) is 43.2 Å². The Morgan fingerprint density at radius 2 is 1.04 bits per heavy atom. The van der Waals surface area contributed by atoms with Crippen LogP contribution in [-0.2, 0) is 49.6 Å². The first kappa shape index (κ1) is 66.4. The average Bonchev–Trinajstić information content (AvgIpc) is 3.36. The lowest BCUT2D eigenvalue weighted by Crippen LogP contribution is -2.61. The van der Waals surface area contributed by atoms with E-state index in [4.69, 9.17) is 22.9 Å². The molecule has 1 aliphatic rings. The second-order valence-corrected chi connectivity index (χ2v) is 20.7. The number of nitrogens with one attached hydrogen (secondary N) is 9. The van der Waals surface area contributed by atoms with Crippen LogP contribution in [0, 0.1) is 11.8 Å². The van der Waals surface area contributed by atoms with Crippen LogP contribution < -0.4 is 70.8 Å². The van der Waals surface area contributed by atoms with Gasteiger partial charge in [0.15, 0.2) is 0 Å². The van der Waals surface area contributed by atoms with Gasteiger partial charge in [0.05, 0.1) is 12.5 Å². The Morgan fingerprint density at radius 1 is 0.579 bits per heavy atom. The SMILES string of the molecule is CCCCCCC[C@@H](O)CC(=O)N[C@@H](CCCCN)C(=O)N[C@H]1CCNC(=O)[C@H](CC(C)C)NC(=O)[C@H](CCN)NC(=O)[C@H](CCN)NC(=O)[C@H](CC(C)C)NC(=O)[C@@H](Cc2ccccc2)NC(=O)[C@H](CCN)NC1=O. The summed E-state index contributed by atoms with van der Waals surface area (Å²) < 4.78 is 0. The van der Waals surface area contributed by atoms with Gasteiger partial charge in [-0.25, -0.2) is 0 Å². The number of nitrogens with two attached hydrogens (primary N) is 4. The van der Waals surface area contributed by atoms with Crippen LogP contribution >= 0.6 is 0 Å². The predicted octanol–water partition coefficient (Wildman–Crippen LogP) is -0.994. The number of benzene rings is 1. The largest absolute Gasteiger partial charge is 0.393 e. The number of aliphatic hydroxyl groups is 1. The Morgan fingerprint density at radius 3 is 1.55 bits per heavy atom. The quantitative estimate of drug-likeness (QED) is 0.0471. The summed E-state index contributed by atoms with van der Waals surface area (Å²) in [4.78, 5) is 127. The van der Waals surface area contributed by atoms with Crippen molar-refractivity contribution >= 4 is 53.2 Å². The summed E-state index contributed by atoms with van der Waals surface area (Å²) >= 11 is 0. The first-order valence-corrected chi connectivity index (χ1v) is 27.5. The van der Waals surface area contributed by atoms with Crippen molar-refractivity contribution in [2.45, 2.75) is 198 Å². The number of hydrogen-bond donors (Lipinski definition) is 14. The van der Waals surface area contributed by atoms with E-state index in [1.54, 1.807) is 30.3 Å². The van der Waals surface area contributed by atoms with E-state index < -0.39 is 108 Å². The Hall–Kier alpha value is -5.75. The normalized spacial score (nSPS) is 22.7. The lowest BCUT2D eigenvalue weighted by Gasteiger charge is -2.28. The molecule has 0 aromatic heterocycles. The Labute approximate surface area is 449 Å². The van der Waals surface area contributed by atoms with E-state index in [-0.39, 0.29) is 95.8 Å². The lowest BCUT2D eigenvalue weighted by molar-refractivity contribution is -0.136. The average molecular weight is 1070 g/mol. The van der Waals surface area contributed by atoms with E-state index in [1.807, 2.05) is 27.7 Å². The van der Waals surface area contributed by atoms with Gasteiger partial charge in [0.25, 0.3) is 0 Å². The highest BCUT2D eigenvalue weighted by molar-refractivity contribution is 5.98. The monoisotopic (exact) mass is 1070 g/mol. The topological polar surface area (TPSA) is 386 Å². The first-order chi connectivity index (χ1) is 36.3. The molecule has 23 heteroatoms. The summed E-state index contributed by atoms with van der Waals surface area (Å²) in [5.74, 6) is -6.93. The summed E-state index contributed by atoms with van der Waals surface area (Å²) in [6.45, 7) is 9.30. The highest BCUT2D eigenvalue weighted by Gasteiger charge is 2.36. The van der Waals surface area contributed by atoms with Crippen molar-refractivity contribution < 1.29 is 48.3 Å². The van der Waals surface area contributed by atoms with Gasteiger partial charge in [-0.2, -0.15) is 0 Å². The molecule has 1 aliphatic heterocycles. The van der Waals surface area contributed by atoms with Crippen LogP contribution in [0.15, 0.2) is 30.3 Å². The van der Waals surface area contributed by atoms with E-state index >= 15 is 0 Å². The molecule has 0 bridgehead atoms. The molecule has 0 saturated carbocycles. The van der Waals surface area contributed by atoms with Crippen LogP contribution in [0.25, 0.3) is 0 Å². The van der Waals surface area contributed by atoms with Crippen molar-refractivity contribution in [3.8, 4) is 0 Å². The van der Waals surface area contributed by atoms with Crippen molar-refractivity contribution in [2.75, 3.05) is 32.7 Å². The molecule has 1 fully saturated rings. The van der Waals surface area contributed by atoms with E-state index in [1.165, 1.54) is 0 Å². The van der Waals surface area contributed by atoms with Gasteiger partial charge in [0, 0.05) is 13.0 Å². The lowest BCUT2D eigenvalue weighted by atomic mass is 10.00. The molecule has 2 rings (SSSR count). The Kier molecular flexibility index (Phi) is 32.4. The molecule has 76 heavy (non-hydrogen) atoms. The van der Waals surface area contributed by atoms with Crippen molar-refractivity contribution in [1.29, 1.82) is 0 Å². The zero-order chi connectivity index (χ0) is 56.6. The molecule has 0 spiro atoms. The second kappa shape index (κ2) is 37.1. The van der Waals surface area contributed by atoms with Gasteiger partial charge in [0.2, 0.25) is 53.2 Å². The van der Waals surface area contributed by atoms with Gasteiger partial charge < -0.3 is 75.9 Å². The van der Waals surface area contributed by atoms with Gasteiger partial charge in [-0.1, -0.05) is 97.1 Å². The van der Waals surface area contributed by atoms with Crippen molar-refractivity contribution in [3.63, 3.8) is 0 Å². The molecular weight excluding hydrogens is 979 g/mol. The van der Waals surface area contributed by atoms with Crippen LogP contribution in [0.2, 0.25) is 0 Å². The number of amides is 9. The molecule has 0 radical (unpaired) electrons. The molecule has 1 aromatic rings. The fourth-order valence-electron chi connectivity index (χ4n) is 8.72. The number of carbonyl (C=O) groups excluding carboxylic acids is 9. The minimum Gasteiger partial charge on any atom is -0.393 e. The summed E-state index contributed by atoms with van der Waals surface area (Å²) in [5.41, 5.74) is 24.2. The fraction of sp³-hybridized carbons (Fsp3) is 0.717. The summed E-state index contributed by atoms with van der Waals surface area (Å²) in [5, 5.41) is 35.1. The molecule has 23 nitrogen and oxygen atoms in total. The van der Waals surface area contributed by atoms with Crippen molar-refractivity contribution in [1.82, 2.24) is 47.9 Å². The molecule has 0 unspecified atom stereocenters. The maximum atomic E-state index is 14.5.